The topological polar surface area (TPSA) is 49.8 Å². The van der Waals surface area contributed by atoms with Crippen LogP contribution in [0.1, 0.15) is 25.3 Å². The van der Waals surface area contributed by atoms with Gasteiger partial charge in [-0.1, -0.05) is 6.07 Å². The maximum absolute atomic E-state index is 13.7. The van der Waals surface area contributed by atoms with E-state index in [2.05, 4.69) is 0 Å². The van der Waals surface area contributed by atoms with Crippen LogP contribution in [0.4, 0.5) is 4.39 Å². The van der Waals surface area contributed by atoms with Gasteiger partial charge in [-0.3, -0.25) is 9.69 Å². The molecule has 1 aliphatic heterocycles. The predicted octanol–water partition coefficient (Wildman–Crippen LogP) is 2.27. The minimum Gasteiger partial charge on any atom is -0.491 e. The molecule has 0 amide bonds. The SMILES string of the molecule is CCOc1ccc(CN2CCC[C@H]2C(=O)O)cc1F. The van der Waals surface area contributed by atoms with E-state index < -0.39 is 17.8 Å². The molecule has 1 heterocycles. The summed E-state index contributed by atoms with van der Waals surface area (Å²) in [6.45, 7) is 3.42. The van der Waals surface area contributed by atoms with Crippen LogP contribution in [0.2, 0.25) is 0 Å². The van der Waals surface area contributed by atoms with Gasteiger partial charge in [0.1, 0.15) is 6.04 Å². The molecular formula is C14H18FNO3. The highest BCUT2D eigenvalue weighted by Gasteiger charge is 2.30. The molecule has 104 valence electrons. The van der Waals surface area contributed by atoms with Gasteiger partial charge in [0.15, 0.2) is 11.6 Å². The average molecular weight is 267 g/mol. The Kier molecular flexibility index (Phi) is 4.37. The highest BCUT2D eigenvalue weighted by Crippen LogP contribution is 2.23. The largest absolute Gasteiger partial charge is 0.491 e. The number of likely N-dealkylation sites (tertiary alicyclic amines) is 1. The fourth-order valence-electron chi connectivity index (χ4n) is 2.44. The number of carboxylic acid groups (broad SMARTS) is 1. The number of ether oxygens (including phenoxy) is 1. The number of hydrogen-bond acceptors (Lipinski definition) is 3. The zero-order chi connectivity index (χ0) is 13.8. The first-order valence-electron chi connectivity index (χ1n) is 6.50. The van der Waals surface area contributed by atoms with Crippen LogP contribution < -0.4 is 4.74 Å². The van der Waals surface area contributed by atoms with Gasteiger partial charge in [-0.15, -0.1) is 0 Å². The third-order valence-corrected chi connectivity index (χ3v) is 3.33. The van der Waals surface area contributed by atoms with E-state index in [1.807, 2.05) is 4.90 Å². The van der Waals surface area contributed by atoms with Gasteiger partial charge < -0.3 is 9.84 Å². The zero-order valence-corrected chi connectivity index (χ0v) is 10.9. The van der Waals surface area contributed by atoms with Crippen molar-refractivity contribution in [2.45, 2.75) is 32.4 Å². The summed E-state index contributed by atoms with van der Waals surface area (Å²) in [6.07, 6.45) is 1.53. The third kappa shape index (κ3) is 3.23. The lowest BCUT2D eigenvalue weighted by atomic mass is 10.1. The lowest BCUT2D eigenvalue weighted by molar-refractivity contribution is -0.142. The Bertz CT molecular complexity index is 464. The summed E-state index contributed by atoms with van der Waals surface area (Å²) in [5, 5.41) is 9.09. The van der Waals surface area contributed by atoms with E-state index in [4.69, 9.17) is 9.84 Å². The summed E-state index contributed by atoms with van der Waals surface area (Å²) in [4.78, 5) is 12.9. The monoisotopic (exact) mass is 267 g/mol. The minimum absolute atomic E-state index is 0.238. The summed E-state index contributed by atoms with van der Waals surface area (Å²) >= 11 is 0. The Labute approximate surface area is 111 Å². The van der Waals surface area contributed by atoms with E-state index in [1.165, 1.54) is 6.07 Å². The van der Waals surface area contributed by atoms with Gasteiger partial charge in [0.05, 0.1) is 6.61 Å². The Hall–Kier alpha value is -1.62. The smallest absolute Gasteiger partial charge is 0.320 e. The Morgan fingerprint density at radius 2 is 2.37 bits per heavy atom. The van der Waals surface area contributed by atoms with Crippen molar-refractivity contribution in [1.29, 1.82) is 0 Å². The predicted molar refractivity (Wildman–Crippen MR) is 68.6 cm³/mol. The number of nitrogens with zero attached hydrogens (tertiary/aromatic N) is 1. The lowest BCUT2D eigenvalue weighted by Crippen LogP contribution is -2.35. The quantitative estimate of drug-likeness (QED) is 0.889. The van der Waals surface area contributed by atoms with E-state index in [9.17, 15) is 9.18 Å². The van der Waals surface area contributed by atoms with Crippen molar-refractivity contribution in [2.75, 3.05) is 13.2 Å². The molecule has 0 spiro atoms. The number of halogens is 1. The van der Waals surface area contributed by atoms with Crippen LogP contribution in [0.15, 0.2) is 18.2 Å². The van der Waals surface area contributed by atoms with Crippen LogP contribution in [-0.4, -0.2) is 35.2 Å². The van der Waals surface area contributed by atoms with Crippen molar-refractivity contribution in [3.63, 3.8) is 0 Å². The second kappa shape index (κ2) is 6.02. The molecule has 4 nitrogen and oxygen atoms in total. The minimum atomic E-state index is -0.802. The first kappa shape index (κ1) is 13.8. The number of benzene rings is 1. The second-order valence-electron chi connectivity index (χ2n) is 4.66. The number of carboxylic acids is 1. The summed E-state index contributed by atoms with van der Waals surface area (Å²) in [7, 11) is 0. The van der Waals surface area contributed by atoms with Gasteiger partial charge >= 0.3 is 5.97 Å². The molecule has 0 aromatic heterocycles. The number of hydrogen-bond donors (Lipinski definition) is 1. The number of aliphatic carboxylic acids is 1. The zero-order valence-electron chi connectivity index (χ0n) is 10.9. The molecule has 1 saturated heterocycles. The maximum Gasteiger partial charge on any atom is 0.320 e. The first-order chi connectivity index (χ1) is 9.11. The standard InChI is InChI=1S/C14H18FNO3/c1-2-19-13-6-5-10(8-11(13)15)9-16-7-3-4-12(16)14(17)18/h5-6,8,12H,2-4,7,9H2,1H3,(H,17,18)/t12-/m0/s1. The van der Waals surface area contributed by atoms with Crippen LogP contribution in [0, 0.1) is 5.82 Å². The molecule has 0 unspecified atom stereocenters. The van der Waals surface area contributed by atoms with Gasteiger partial charge in [-0.05, 0) is 44.0 Å². The summed E-state index contributed by atoms with van der Waals surface area (Å²) < 4.78 is 18.8. The Balaban J connectivity index is 2.07. The van der Waals surface area contributed by atoms with Gasteiger partial charge in [-0.25, -0.2) is 4.39 Å². The molecule has 2 rings (SSSR count). The summed E-state index contributed by atoms with van der Waals surface area (Å²) in [5.74, 6) is -0.961. The highest BCUT2D eigenvalue weighted by atomic mass is 19.1. The van der Waals surface area contributed by atoms with Crippen LogP contribution >= 0.6 is 0 Å². The van der Waals surface area contributed by atoms with Crippen molar-refractivity contribution < 1.29 is 19.0 Å². The average Bonchev–Trinajstić information content (AvgIpc) is 2.81. The molecule has 19 heavy (non-hydrogen) atoms. The second-order valence-corrected chi connectivity index (χ2v) is 4.66. The van der Waals surface area contributed by atoms with E-state index in [1.54, 1.807) is 19.1 Å². The normalized spacial score (nSPS) is 19.6. The van der Waals surface area contributed by atoms with Crippen molar-refractivity contribution in [1.82, 2.24) is 4.90 Å². The highest BCUT2D eigenvalue weighted by molar-refractivity contribution is 5.73. The molecule has 0 aliphatic carbocycles. The molecule has 5 heteroatoms. The number of carbonyl (C=O) groups is 1. The fraction of sp³-hybridized carbons (Fsp3) is 0.500. The van der Waals surface area contributed by atoms with Crippen molar-refractivity contribution >= 4 is 5.97 Å². The fourth-order valence-corrected chi connectivity index (χ4v) is 2.44. The third-order valence-electron chi connectivity index (χ3n) is 3.33. The van der Waals surface area contributed by atoms with Crippen LogP contribution in [0.5, 0.6) is 5.75 Å². The van der Waals surface area contributed by atoms with Crippen LogP contribution in [0.25, 0.3) is 0 Å². The first-order valence-corrected chi connectivity index (χ1v) is 6.50. The Morgan fingerprint density at radius 1 is 1.58 bits per heavy atom. The molecule has 1 aliphatic rings. The number of rotatable bonds is 5. The molecular weight excluding hydrogens is 249 g/mol. The van der Waals surface area contributed by atoms with E-state index >= 15 is 0 Å². The van der Waals surface area contributed by atoms with Gasteiger partial charge in [0.25, 0.3) is 0 Å². The van der Waals surface area contributed by atoms with Crippen LogP contribution in [0.3, 0.4) is 0 Å². The van der Waals surface area contributed by atoms with Gasteiger partial charge in [-0.2, -0.15) is 0 Å². The molecule has 1 fully saturated rings. The molecule has 0 radical (unpaired) electrons. The summed E-state index contributed by atoms with van der Waals surface area (Å²) in [6, 6.07) is 4.35. The van der Waals surface area contributed by atoms with E-state index in [0.717, 1.165) is 18.5 Å². The Morgan fingerprint density at radius 3 is 3.00 bits per heavy atom. The molecule has 0 bridgehead atoms. The van der Waals surface area contributed by atoms with Gasteiger partial charge in [0, 0.05) is 6.54 Å². The van der Waals surface area contributed by atoms with Crippen molar-refractivity contribution in [3.8, 4) is 5.75 Å². The van der Waals surface area contributed by atoms with Gasteiger partial charge in [0.2, 0.25) is 0 Å². The maximum atomic E-state index is 13.7. The van der Waals surface area contributed by atoms with E-state index in [-0.39, 0.29) is 5.75 Å². The van der Waals surface area contributed by atoms with Crippen molar-refractivity contribution in [3.05, 3.63) is 29.6 Å². The molecule has 1 N–H and O–H groups in total. The van der Waals surface area contributed by atoms with Crippen LogP contribution in [-0.2, 0) is 11.3 Å². The van der Waals surface area contributed by atoms with Crippen molar-refractivity contribution in [2.24, 2.45) is 0 Å². The molecule has 1 aromatic carbocycles. The lowest BCUT2D eigenvalue weighted by Gasteiger charge is -2.21. The van der Waals surface area contributed by atoms with E-state index in [0.29, 0.717) is 19.6 Å². The molecule has 1 atom stereocenters. The summed E-state index contributed by atoms with van der Waals surface area (Å²) in [5.41, 5.74) is 0.772. The molecule has 0 saturated carbocycles. The molecule has 1 aromatic rings.